The average molecular weight is 508 g/mol. The fourth-order valence-electron chi connectivity index (χ4n) is 2.55. The van der Waals surface area contributed by atoms with E-state index in [-0.39, 0.29) is 0 Å². The molecule has 0 aliphatic heterocycles. The van der Waals surface area contributed by atoms with Crippen LogP contribution in [0.15, 0.2) is 37.4 Å². The van der Waals surface area contributed by atoms with E-state index in [0.29, 0.717) is 0 Å². The number of aryl methyl sites for hydroxylation is 6. The van der Waals surface area contributed by atoms with E-state index in [1.165, 1.54) is 0 Å². The molecule has 1 N–H and O–H groups in total. The second-order valence-corrected chi connectivity index (χ2v) is 7.75. The highest BCUT2D eigenvalue weighted by Crippen LogP contribution is 2.10. The molecular weight excluding hydrogens is 479 g/mol. The Balaban J connectivity index is 0.000000170. The fraction of sp³-hybridized carbons (Fsp3) is 0.400. The molecule has 0 saturated heterocycles. The molecule has 4 aromatic rings. The van der Waals surface area contributed by atoms with Gasteiger partial charge in [0.15, 0.2) is 5.82 Å². The molecule has 0 spiro atoms. The van der Waals surface area contributed by atoms with E-state index >= 15 is 0 Å². The third-order valence-electron chi connectivity index (χ3n) is 3.92. The number of rotatable bonds is 3. The second-order valence-electron chi connectivity index (χ2n) is 6.65. The fourth-order valence-corrected chi connectivity index (χ4v) is 3.11. The van der Waals surface area contributed by atoms with Crippen LogP contribution in [0, 0.1) is 17.5 Å². The van der Waals surface area contributed by atoms with E-state index in [4.69, 9.17) is 0 Å². The van der Waals surface area contributed by atoms with Crippen molar-refractivity contribution in [3.8, 4) is 5.82 Å². The summed E-state index contributed by atoms with van der Waals surface area (Å²) in [5.41, 5.74) is 2.18. The summed E-state index contributed by atoms with van der Waals surface area (Å²) in [6.45, 7) is 8.18. The number of nitrogens with zero attached hydrogens (tertiary/aromatic N) is 7. The number of aromatic nitrogens is 8. The lowest BCUT2D eigenvalue weighted by Gasteiger charge is -2.00. The highest BCUT2D eigenvalue weighted by atomic mass is 127. The molecule has 0 unspecified atom stereocenters. The maximum atomic E-state index is 4.43. The molecule has 0 aromatic carbocycles. The van der Waals surface area contributed by atoms with Crippen LogP contribution < -0.4 is 0 Å². The summed E-state index contributed by atoms with van der Waals surface area (Å²) >= 11 is 2.17. The van der Waals surface area contributed by atoms with E-state index in [2.05, 4.69) is 61.4 Å². The molecule has 0 fully saturated rings. The Hall–Kier alpha value is -2.43. The number of hydrogen-bond acceptors (Lipinski definition) is 4. The number of nitrogens with one attached hydrogen (secondary N) is 1. The van der Waals surface area contributed by atoms with Crippen LogP contribution in [0.1, 0.15) is 36.9 Å². The minimum atomic E-state index is 0.921. The number of aromatic amines is 1. The van der Waals surface area contributed by atoms with Crippen molar-refractivity contribution in [3.63, 3.8) is 0 Å². The third kappa shape index (κ3) is 7.15. The monoisotopic (exact) mass is 508 g/mol. The molecule has 4 aromatic heterocycles. The predicted octanol–water partition coefficient (Wildman–Crippen LogP) is 3.78. The molecule has 0 saturated carbocycles. The van der Waals surface area contributed by atoms with Gasteiger partial charge in [0, 0.05) is 57.4 Å². The standard InChI is InChI=1S/C10H14N4.C6H10N2.C4H5IN2/c1-4-9-12-8(2)5-14(9)10-6-13(3)7-11-10;1-3-6-7-4-5(2)8-6;1-7-2-4(5)6-3-7/h5-7H,4H2,1-3H3;4H,3H2,1-2H3,(H,7,8);2-3H,1H3. The van der Waals surface area contributed by atoms with Crippen LogP contribution in [0.4, 0.5) is 0 Å². The highest BCUT2D eigenvalue weighted by Gasteiger charge is 2.07. The van der Waals surface area contributed by atoms with Crippen LogP contribution in [0.5, 0.6) is 0 Å². The number of halogens is 1. The first kappa shape index (κ1) is 22.9. The summed E-state index contributed by atoms with van der Waals surface area (Å²) in [5, 5.41) is 0. The molecule has 0 radical (unpaired) electrons. The molecule has 0 amide bonds. The van der Waals surface area contributed by atoms with Crippen LogP contribution in [0.2, 0.25) is 0 Å². The van der Waals surface area contributed by atoms with Gasteiger partial charge in [-0.05, 0) is 36.4 Å². The summed E-state index contributed by atoms with van der Waals surface area (Å²) in [4.78, 5) is 19.9. The Bertz CT molecular complexity index is 991. The molecule has 29 heavy (non-hydrogen) atoms. The zero-order valence-corrected chi connectivity index (χ0v) is 20.0. The zero-order chi connectivity index (χ0) is 21.4. The first-order valence-corrected chi connectivity index (χ1v) is 10.6. The molecule has 8 nitrogen and oxygen atoms in total. The molecular formula is C20H29IN8. The van der Waals surface area contributed by atoms with Crippen molar-refractivity contribution in [2.75, 3.05) is 0 Å². The number of hydrogen-bond donors (Lipinski definition) is 1. The molecule has 4 rings (SSSR count). The predicted molar refractivity (Wildman–Crippen MR) is 123 cm³/mol. The smallest absolute Gasteiger partial charge is 0.156 e. The van der Waals surface area contributed by atoms with E-state index in [1.54, 1.807) is 12.7 Å². The van der Waals surface area contributed by atoms with Crippen LogP contribution >= 0.6 is 22.6 Å². The van der Waals surface area contributed by atoms with Gasteiger partial charge >= 0.3 is 0 Å². The van der Waals surface area contributed by atoms with Gasteiger partial charge in [-0.2, -0.15) is 0 Å². The van der Waals surface area contributed by atoms with E-state index in [9.17, 15) is 0 Å². The van der Waals surface area contributed by atoms with Crippen molar-refractivity contribution in [2.45, 2.75) is 40.5 Å². The second kappa shape index (κ2) is 10.9. The Morgan fingerprint density at radius 1 is 0.931 bits per heavy atom. The van der Waals surface area contributed by atoms with Gasteiger partial charge in [0.1, 0.15) is 15.3 Å². The topological polar surface area (TPSA) is 82.1 Å². The van der Waals surface area contributed by atoms with E-state index < -0.39 is 0 Å². The largest absolute Gasteiger partial charge is 0.346 e. The van der Waals surface area contributed by atoms with Gasteiger partial charge < -0.3 is 14.1 Å². The quantitative estimate of drug-likeness (QED) is 0.427. The summed E-state index contributed by atoms with van der Waals surface area (Å²) in [6, 6.07) is 0. The molecule has 0 bridgehead atoms. The Labute approximate surface area is 185 Å². The van der Waals surface area contributed by atoms with Crippen molar-refractivity contribution in [3.05, 3.63) is 64.2 Å². The SMILES string of the molecule is CCc1nc(C)cn1-c1cn(C)cn1.CCc1ncc(C)[nH]1.Cn1cnc(I)c1. The van der Waals surface area contributed by atoms with Crippen molar-refractivity contribution in [1.82, 2.24) is 38.6 Å². The van der Waals surface area contributed by atoms with Crippen molar-refractivity contribution < 1.29 is 0 Å². The summed E-state index contributed by atoms with van der Waals surface area (Å²) in [5.74, 6) is 3.06. The first-order valence-electron chi connectivity index (χ1n) is 9.49. The van der Waals surface area contributed by atoms with Gasteiger partial charge in [0.05, 0.1) is 18.3 Å². The zero-order valence-electron chi connectivity index (χ0n) is 17.9. The lowest BCUT2D eigenvalue weighted by molar-refractivity contribution is 0.869. The molecule has 0 aliphatic rings. The van der Waals surface area contributed by atoms with Crippen molar-refractivity contribution in [2.24, 2.45) is 14.1 Å². The average Bonchev–Trinajstić information content (AvgIpc) is 3.45. The molecule has 0 atom stereocenters. The maximum absolute atomic E-state index is 4.43. The van der Waals surface area contributed by atoms with Gasteiger partial charge in [-0.1, -0.05) is 13.8 Å². The van der Waals surface area contributed by atoms with Crippen molar-refractivity contribution >= 4 is 22.6 Å². The van der Waals surface area contributed by atoms with Crippen LogP contribution in [-0.2, 0) is 26.9 Å². The van der Waals surface area contributed by atoms with Gasteiger partial charge in [-0.15, -0.1) is 0 Å². The minimum absolute atomic E-state index is 0.921. The van der Waals surface area contributed by atoms with Crippen molar-refractivity contribution in [1.29, 1.82) is 0 Å². The van der Waals surface area contributed by atoms with Gasteiger partial charge in [-0.3, -0.25) is 4.57 Å². The Morgan fingerprint density at radius 2 is 1.62 bits per heavy atom. The minimum Gasteiger partial charge on any atom is -0.346 e. The van der Waals surface area contributed by atoms with Gasteiger partial charge in [0.2, 0.25) is 0 Å². The van der Waals surface area contributed by atoms with E-state index in [0.717, 1.165) is 45.4 Å². The molecule has 4 heterocycles. The van der Waals surface area contributed by atoms with Gasteiger partial charge in [0.25, 0.3) is 0 Å². The third-order valence-corrected chi connectivity index (χ3v) is 4.47. The summed E-state index contributed by atoms with van der Waals surface area (Å²) in [6.07, 6.45) is 13.3. The Kier molecular flexibility index (Phi) is 8.62. The lowest BCUT2D eigenvalue weighted by atomic mass is 10.4. The molecule has 0 aliphatic carbocycles. The maximum Gasteiger partial charge on any atom is 0.156 e. The molecule has 156 valence electrons. The Morgan fingerprint density at radius 3 is 2.00 bits per heavy atom. The number of H-pyrrole nitrogens is 1. The normalized spacial score (nSPS) is 10.2. The highest BCUT2D eigenvalue weighted by molar-refractivity contribution is 14.1. The number of imidazole rings is 4. The summed E-state index contributed by atoms with van der Waals surface area (Å²) < 4.78 is 6.93. The van der Waals surface area contributed by atoms with Gasteiger partial charge in [-0.25, -0.2) is 19.9 Å². The van der Waals surface area contributed by atoms with Crippen LogP contribution in [0.3, 0.4) is 0 Å². The van der Waals surface area contributed by atoms with Crippen LogP contribution in [0.25, 0.3) is 5.82 Å². The molecule has 9 heteroatoms. The summed E-state index contributed by atoms with van der Waals surface area (Å²) in [7, 11) is 3.92. The van der Waals surface area contributed by atoms with Crippen LogP contribution in [-0.4, -0.2) is 38.6 Å². The van der Waals surface area contributed by atoms with E-state index in [1.807, 2.05) is 66.4 Å². The first-order chi connectivity index (χ1) is 13.8. The lowest BCUT2D eigenvalue weighted by Crippen LogP contribution is -1.98.